The molecule has 6 nitrogen and oxygen atoms in total. The third-order valence-corrected chi connectivity index (χ3v) is 3.43. The molecular formula is C14H11Cl2FN2O4. The van der Waals surface area contributed by atoms with Gasteiger partial charge in [-0.15, -0.1) is 0 Å². The van der Waals surface area contributed by atoms with E-state index in [1.54, 1.807) is 6.92 Å². The Hall–Kier alpha value is -2.25. The fourth-order valence-electron chi connectivity index (χ4n) is 1.82. The molecule has 9 heteroatoms. The molecule has 0 unspecified atom stereocenters. The summed E-state index contributed by atoms with van der Waals surface area (Å²) in [5, 5.41) is 8.59. The highest BCUT2D eigenvalue weighted by Crippen LogP contribution is 2.38. The molecule has 0 aliphatic heterocycles. The number of nitrogens with two attached hydrogens (primary N) is 1. The maximum absolute atomic E-state index is 14.6. The molecule has 0 spiro atoms. The summed E-state index contributed by atoms with van der Waals surface area (Å²) in [6, 6.07) is 4.08. The minimum Gasteiger partial charge on any atom is -0.489 e. The van der Waals surface area contributed by atoms with Gasteiger partial charge in [-0.25, -0.2) is 14.2 Å². The summed E-state index contributed by atoms with van der Waals surface area (Å²) in [4.78, 5) is 14.5. The molecule has 0 amide bonds. The van der Waals surface area contributed by atoms with Gasteiger partial charge in [0.15, 0.2) is 11.6 Å². The standard InChI is InChI=1S/C14H11Cl2FN2O4/c1-2-22-12-7(15)4-3-6(11(12)17)9-5-8(18)10(16)13(19-9)23-14(20)21/h3-5H,2H2,1H3,(H2,18,19)(H,20,21). The van der Waals surface area contributed by atoms with E-state index in [1.807, 2.05) is 0 Å². The molecule has 0 aliphatic carbocycles. The number of benzene rings is 1. The highest BCUT2D eigenvalue weighted by Gasteiger charge is 2.19. The molecule has 0 saturated carbocycles. The number of halogens is 3. The Morgan fingerprint density at radius 3 is 2.74 bits per heavy atom. The molecule has 0 bridgehead atoms. The van der Waals surface area contributed by atoms with E-state index in [2.05, 4.69) is 9.72 Å². The fraction of sp³-hybridized carbons (Fsp3) is 0.143. The van der Waals surface area contributed by atoms with Crippen LogP contribution < -0.4 is 15.2 Å². The zero-order valence-corrected chi connectivity index (χ0v) is 13.3. The SMILES string of the molecule is CCOc1c(Cl)ccc(-c2cc(N)c(Cl)c(OC(=O)O)n2)c1F. The van der Waals surface area contributed by atoms with Crippen LogP contribution in [0.2, 0.25) is 10.0 Å². The molecule has 1 heterocycles. The van der Waals surface area contributed by atoms with Crippen LogP contribution in [0.3, 0.4) is 0 Å². The van der Waals surface area contributed by atoms with Gasteiger partial charge in [-0.1, -0.05) is 23.2 Å². The number of rotatable bonds is 4. The van der Waals surface area contributed by atoms with Crippen LogP contribution in [-0.2, 0) is 0 Å². The molecular weight excluding hydrogens is 350 g/mol. The topological polar surface area (TPSA) is 94.7 Å². The Labute approximate surface area is 140 Å². The predicted molar refractivity (Wildman–Crippen MR) is 83.9 cm³/mol. The molecule has 2 aromatic rings. The van der Waals surface area contributed by atoms with Crippen LogP contribution in [0.5, 0.6) is 11.6 Å². The van der Waals surface area contributed by atoms with Gasteiger partial charge in [0.1, 0.15) is 5.02 Å². The number of anilines is 1. The minimum absolute atomic E-state index is 0.0106. The second-order valence-corrected chi connectivity index (χ2v) is 5.04. The number of hydrogen-bond donors (Lipinski definition) is 2. The van der Waals surface area contributed by atoms with Gasteiger partial charge in [0.2, 0.25) is 5.88 Å². The van der Waals surface area contributed by atoms with E-state index in [-0.39, 0.29) is 39.3 Å². The van der Waals surface area contributed by atoms with Crippen molar-refractivity contribution in [2.75, 3.05) is 12.3 Å². The van der Waals surface area contributed by atoms with Crippen LogP contribution in [0, 0.1) is 5.82 Å². The summed E-state index contributed by atoms with van der Waals surface area (Å²) < 4.78 is 24.2. The van der Waals surface area contributed by atoms with E-state index in [1.165, 1.54) is 18.2 Å². The Bertz CT molecular complexity index is 771. The van der Waals surface area contributed by atoms with Crippen molar-refractivity contribution in [3.8, 4) is 22.9 Å². The number of nitrogens with zero attached hydrogens (tertiary/aromatic N) is 1. The molecule has 0 radical (unpaired) electrons. The monoisotopic (exact) mass is 360 g/mol. The van der Waals surface area contributed by atoms with Crippen molar-refractivity contribution in [2.45, 2.75) is 6.92 Å². The molecule has 3 N–H and O–H groups in total. The highest BCUT2D eigenvalue weighted by atomic mass is 35.5. The van der Waals surface area contributed by atoms with Gasteiger partial charge in [0.25, 0.3) is 0 Å². The number of ether oxygens (including phenoxy) is 2. The molecule has 0 aliphatic rings. The average molecular weight is 361 g/mol. The second-order valence-electron chi connectivity index (χ2n) is 4.25. The van der Waals surface area contributed by atoms with Gasteiger partial charge in [0.05, 0.1) is 23.0 Å². The van der Waals surface area contributed by atoms with Gasteiger partial charge >= 0.3 is 6.16 Å². The van der Waals surface area contributed by atoms with E-state index in [0.29, 0.717) is 0 Å². The third kappa shape index (κ3) is 3.57. The van der Waals surface area contributed by atoms with Crippen molar-refractivity contribution in [3.05, 3.63) is 34.1 Å². The van der Waals surface area contributed by atoms with Crippen molar-refractivity contribution in [2.24, 2.45) is 0 Å². The van der Waals surface area contributed by atoms with Crippen molar-refractivity contribution in [1.29, 1.82) is 0 Å². The first kappa shape index (κ1) is 17.1. The van der Waals surface area contributed by atoms with Gasteiger partial charge in [0, 0.05) is 5.56 Å². The maximum atomic E-state index is 14.6. The highest BCUT2D eigenvalue weighted by molar-refractivity contribution is 6.34. The molecule has 0 atom stereocenters. The zero-order valence-electron chi connectivity index (χ0n) is 11.8. The molecule has 2 rings (SSSR count). The minimum atomic E-state index is -1.62. The van der Waals surface area contributed by atoms with Crippen molar-refractivity contribution < 1.29 is 23.8 Å². The van der Waals surface area contributed by atoms with Gasteiger partial charge in [-0.05, 0) is 25.1 Å². The van der Waals surface area contributed by atoms with E-state index >= 15 is 0 Å². The first-order valence-corrected chi connectivity index (χ1v) is 7.08. The lowest BCUT2D eigenvalue weighted by atomic mass is 10.1. The Balaban J connectivity index is 2.60. The summed E-state index contributed by atoms with van der Waals surface area (Å²) in [7, 11) is 0. The predicted octanol–water partition coefficient (Wildman–Crippen LogP) is 4.23. The summed E-state index contributed by atoms with van der Waals surface area (Å²) in [5.74, 6) is -1.33. The van der Waals surface area contributed by atoms with Crippen LogP contribution >= 0.6 is 23.2 Å². The van der Waals surface area contributed by atoms with Crippen LogP contribution in [0.1, 0.15) is 6.92 Å². The second kappa shape index (κ2) is 6.89. The molecule has 23 heavy (non-hydrogen) atoms. The third-order valence-electron chi connectivity index (χ3n) is 2.75. The summed E-state index contributed by atoms with van der Waals surface area (Å²) in [6.45, 7) is 1.89. The number of carboxylic acid groups (broad SMARTS) is 1. The van der Waals surface area contributed by atoms with E-state index in [4.69, 9.17) is 38.8 Å². The molecule has 0 saturated heterocycles. The number of carbonyl (C=O) groups is 1. The summed E-state index contributed by atoms with van der Waals surface area (Å²) in [6.07, 6.45) is -1.62. The van der Waals surface area contributed by atoms with E-state index < -0.39 is 17.9 Å². The molecule has 1 aromatic carbocycles. The van der Waals surface area contributed by atoms with E-state index in [9.17, 15) is 9.18 Å². The lowest BCUT2D eigenvalue weighted by molar-refractivity contribution is 0.142. The average Bonchev–Trinajstić information content (AvgIpc) is 2.47. The Morgan fingerprint density at radius 2 is 2.13 bits per heavy atom. The number of nitrogen functional groups attached to an aromatic ring is 1. The molecule has 1 aromatic heterocycles. The van der Waals surface area contributed by atoms with Crippen LogP contribution in [0.25, 0.3) is 11.3 Å². The van der Waals surface area contributed by atoms with Crippen LogP contribution in [0.15, 0.2) is 18.2 Å². The van der Waals surface area contributed by atoms with Gasteiger partial charge < -0.3 is 20.3 Å². The first-order chi connectivity index (χ1) is 10.8. The van der Waals surface area contributed by atoms with Crippen molar-refractivity contribution >= 4 is 35.0 Å². The van der Waals surface area contributed by atoms with Crippen LogP contribution in [0.4, 0.5) is 14.9 Å². The normalized spacial score (nSPS) is 10.4. The summed E-state index contributed by atoms with van der Waals surface area (Å²) >= 11 is 11.7. The van der Waals surface area contributed by atoms with Crippen molar-refractivity contribution in [1.82, 2.24) is 4.98 Å². The molecule has 0 fully saturated rings. The van der Waals surface area contributed by atoms with Crippen molar-refractivity contribution in [3.63, 3.8) is 0 Å². The number of aromatic nitrogens is 1. The molecule has 122 valence electrons. The van der Waals surface area contributed by atoms with Gasteiger partial charge in [-0.3, -0.25) is 0 Å². The van der Waals surface area contributed by atoms with Crippen LogP contribution in [-0.4, -0.2) is 22.9 Å². The largest absolute Gasteiger partial charge is 0.512 e. The van der Waals surface area contributed by atoms with Gasteiger partial charge in [-0.2, -0.15) is 0 Å². The van der Waals surface area contributed by atoms with E-state index in [0.717, 1.165) is 0 Å². The maximum Gasteiger partial charge on any atom is 0.512 e. The zero-order chi connectivity index (χ0) is 17.1. The Kier molecular flexibility index (Phi) is 5.12. The lowest BCUT2D eigenvalue weighted by Gasteiger charge is -2.12. The Morgan fingerprint density at radius 1 is 1.43 bits per heavy atom. The first-order valence-electron chi connectivity index (χ1n) is 6.33. The lowest BCUT2D eigenvalue weighted by Crippen LogP contribution is -2.07. The quantitative estimate of drug-likeness (QED) is 0.792. The summed E-state index contributed by atoms with van der Waals surface area (Å²) in [5.41, 5.74) is 5.71. The number of pyridine rings is 1. The smallest absolute Gasteiger partial charge is 0.489 e. The number of hydrogen-bond acceptors (Lipinski definition) is 5. The fourth-order valence-corrected chi connectivity index (χ4v) is 2.16.